The average molecular weight is 514 g/mol. The van der Waals surface area contributed by atoms with Crippen LogP contribution in [0.3, 0.4) is 0 Å². The van der Waals surface area contributed by atoms with Crippen molar-refractivity contribution in [1.82, 2.24) is 0 Å². The van der Waals surface area contributed by atoms with E-state index in [1.54, 1.807) is 0 Å². The zero-order valence-electron chi connectivity index (χ0n) is 22.7. The first-order chi connectivity index (χ1) is 18.4. The number of anilines is 1. The molecule has 0 amide bonds. The highest BCUT2D eigenvalue weighted by Gasteiger charge is 2.48. The number of hydrogen-bond acceptors (Lipinski definition) is 5. The van der Waals surface area contributed by atoms with Crippen LogP contribution in [0.1, 0.15) is 74.3 Å². The Morgan fingerprint density at radius 2 is 1.68 bits per heavy atom. The molecule has 0 bridgehead atoms. The molecule has 0 saturated heterocycles. The standard InChI is InChI=1S/C33H39NO4/c1-23-14-16-24(17-15-23)21-34-27-18-19-29-28(20-27)30(36-22-25-10-6-4-7-11-25)31(33(2,3)38-29)37-32(35)26-12-8-5-9-13-26/h4,6-7,10-11,14-20,26,30-31,34H,5,8-9,12-13,21-22H2,1-3H3. The maximum Gasteiger partial charge on any atom is 0.309 e. The lowest BCUT2D eigenvalue weighted by Gasteiger charge is -2.44. The van der Waals surface area contributed by atoms with Gasteiger partial charge in [-0.05, 0) is 62.9 Å². The third kappa shape index (κ3) is 6.21. The van der Waals surface area contributed by atoms with Crippen LogP contribution in [0.5, 0.6) is 5.75 Å². The number of ether oxygens (including phenoxy) is 3. The summed E-state index contributed by atoms with van der Waals surface area (Å²) in [6, 6.07) is 24.7. The molecule has 200 valence electrons. The van der Waals surface area contributed by atoms with Gasteiger partial charge in [0.1, 0.15) is 17.5 Å². The Hall–Kier alpha value is -3.31. The molecule has 3 aromatic carbocycles. The molecule has 38 heavy (non-hydrogen) atoms. The molecule has 2 aliphatic rings. The van der Waals surface area contributed by atoms with Crippen molar-refractivity contribution in [2.75, 3.05) is 5.32 Å². The molecule has 1 heterocycles. The number of esters is 1. The van der Waals surface area contributed by atoms with Crippen molar-refractivity contribution in [1.29, 1.82) is 0 Å². The lowest BCUT2D eigenvalue weighted by atomic mass is 9.86. The van der Waals surface area contributed by atoms with Gasteiger partial charge in [-0.25, -0.2) is 0 Å². The second-order valence-corrected chi connectivity index (χ2v) is 11.2. The first-order valence-corrected chi connectivity index (χ1v) is 13.9. The summed E-state index contributed by atoms with van der Waals surface area (Å²) in [5, 5.41) is 3.53. The van der Waals surface area contributed by atoms with Gasteiger partial charge in [0, 0.05) is 17.8 Å². The summed E-state index contributed by atoms with van der Waals surface area (Å²) in [4.78, 5) is 13.3. The van der Waals surface area contributed by atoms with E-state index in [4.69, 9.17) is 14.2 Å². The van der Waals surface area contributed by atoms with E-state index in [1.165, 1.54) is 17.5 Å². The Kier molecular flexibility index (Phi) is 8.04. The topological polar surface area (TPSA) is 56.8 Å². The minimum atomic E-state index is -0.741. The van der Waals surface area contributed by atoms with E-state index in [0.717, 1.165) is 48.2 Å². The molecular weight excluding hydrogens is 474 g/mol. The van der Waals surface area contributed by atoms with Crippen molar-refractivity contribution in [3.05, 3.63) is 95.1 Å². The molecule has 0 aromatic heterocycles. The Morgan fingerprint density at radius 1 is 0.947 bits per heavy atom. The predicted octanol–water partition coefficient (Wildman–Crippen LogP) is 7.53. The van der Waals surface area contributed by atoms with Crippen LogP contribution >= 0.6 is 0 Å². The van der Waals surface area contributed by atoms with Gasteiger partial charge in [0.15, 0.2) is 6.10 Å². The van der Waals surface area contributed by atoms with Crippen LogP contribution in [0.4, 0.5) is 5.69 Å². The van der Waals surface area contributed by atoms with E-state index in [9.17, 15) is 4.79 Å². The van der Waals surface area contributed by atoms with Gasteiger partial charge < -0.3 is 19.5 Å². The number of carbonyl (C=O) groups is 1. The lowest BCUT2D eigenvalue weighted by Crippen LogP contribution is -2.52. The van der Waals surface area contributed by atoms with Crippen molar-refractivity contribution in [2.45, 2.75) is 83.8 Å². The molecule has 1 saturated carbocycles. The molecule has 1 fully saturated rings. The molecule has 5 heteroatoms. The Bertz CT molecular complexity index is 1220. The lowest BCUT2D eigenvalue weighted by molar-refractivity contribution is -0.190. The smallest absolute Gasteiger partial charge is 0.309 e. The van der Waals surface area contributed by atoms with E-state index in [0.29, 0.717) is 13.2 Å². The minimum absolute atomic E-state index is 0.0433. The molecule has 2 atom stereocenters. The molecule has 5 nitrogen and oxygen atoms in total. The van der Waals surface area contributed by atoms with Crippen molar-refractivity contribution < 1.29 is 19.0 Å². The first-order valence-electron chi connectivity index (χ1n) is 13.9. The number of aryl methyl sites for hydroxylation is 1. The van der Waals surface area contributed by atoms with E-state index in [1.807, 2.05) is 56.3 Å². The second kappa shape index (κ2) is 11.6. The highest BCUT2D eigenvalue weighted by Crippen LogP contribution is 2.45. The van der Waals surface area contributed by atoms with Crippen LogP contribution in [0.2, 0.25) is 0 Å². The average Bonchev–Trinajstić information content (AvgIpc) is 2.93. The fourth-order valence-corrected chi connectivity index (χ4v) is 5.45. The Balaban J connectivity index is 1.41. The molecule has 5 rings (SSSR count). The van der Waals surface area contributed by atoms with Gasteiger partial charge in [-0.1, -0.05) is 79.4 Å². The van der Waals surface area contributed by atoms with Gasteiger partial charge in [0.25, 0.3) is 0 Å². The number of fused-ring (bicyclic) bond motifs is 1. The molecule has 1 aliphatic carbocycles. The quantitative estimate of drug-likeness (QED) is 0.316. The van der Waals surface area contributed by atoms with Crippen molar-refractivity contribution in [3.63, 3.8) is 0 Å². The van der Waals surface area contributed by atoms with Crippen molar-refractivity contribution in [2.24, 2.45) is 5.92 Å². The fourth-order valence-electron chi connectivity index (χ4n) is 5.45. The van der Waals surface area contributed by atoms with Crippen molar-refractivity contribution >= 4 is 11.7 Å². The maximum atomic E-state index is 13.3. The molecule has 1 aliphatic heterocycles. The number of carbonyl (C=O) groups excluding carboxylic acids is 1. The molecular formula is C33H39NO4. The highest BCUT2D eigenvalue weighted by atomic mass is 16.6. The summed E-state index contributed by atoms with van der Waals surface area (Å²) in [5.41, 5.74) is 4.66. The van der Waals surface area contributed by atoms with Crippen LogP contribution in [0.15, 0.2) is 72.8 Å². The van der Waals surface area contributed by atoms with Gasteiger partial charge in [0.05, 0.1) is 12.5 Å². The van der Waals surface area contributed by atoms with Crippen LogP contribution < -0.4 is 10.1 Å². The molecule has 3 aromatic rings. The van der Waals surface area contributed by atoms with Gasteiger partial charge >= 0.3 is 5.97 Å². The van der Waals surface area contributed by atoms with Gasteiger partial charge in [0.2, 0.25) is 0 Å². The largest absolute Gasteiger partial charge is 0.483 e. The van der Waals surface area contributed by atoms with Crippen LogP contribution in [-0.4, -0.2) is 17.7 Å². The summed E-state index contributed by atoms with van der Waals surface area (Å²) < 4.78 is 19.3. The monoisotopic (exact) mass is 513 g/mol. The SMILES string of the molecule is Cc1ccc(CNc2ccc3c(c2)C(OCc2ccccc2)C(OC(=O)C2CCCCC2)C(C)(C)O3)cc1. The highest BCUT2D eigenvalue weighted by molar-refractivity contribution is 5.73. The van der Waals surface area contributed by atoms with Gasteiger partial charge in [-0.2, -0.15) is 0 Å². The predicted molar refractivity (Wildman–Crippen MR) is 150 cm³/mol. The van der Waals surface area contributed by atoms with Crippen LogP contribution in [-0.2, 0) is 27.4 Å². The van der Waals surface area contributed by atoms with Gasteiger partial charge in [-0.15, -0.1) is 0 Å². The van der Waals surface area contributed by atoms with Crippen LogP contribution in [0.25, 0.3) is 0 Å². The molecule has 1 N–H and O–H groups in total. The summed E-state index contributed by atoms with van der Waals surface area (Å²) in [5.74, 6) is 0.592. The number of rotatable bonds is 8. The zero-order chi connectivity index (χ0) is 26.5. The second-order valence-electron chi connectivity index (χ2n) is 11.2. The molecule has 2 unspecified atom stereocenters. The summed E-state index contributed by atoms with van der Waals surface area (Å²) >= 11 is 0. The minimum Gasteiger partial charge on any atom is -0.483 e. The van der Waals surface area contributed by atoms with E-state index < -0.39 is 17.8 Å². The summed E-state index contributed by atoms with van der Waals surface area (Å²) in [6.45, 7) is 7.18. The van der Waals surface area contributed by atoms with Crippen molar-refractivity contribution in [3.8, 4) is 5.75 Å². The number of hydrogen-bond donors (Lipinski definition) is 1. The Labute approximate surface area is 226 Å². The summed E-state index contributed by atoms with van der Waals surface area (Å²) in [7, 11) is 0. The van der Waals surface area contributed by atoms with E-state index >= 15 is 0 Å². The zero-order valence-corrected chi connectivity index (χ0v) is 22.7. The molecule has 0 spiro atoms. The normalized spacial score (nSPS) is 20.7. The molecule has 0 radical (unpaired) electrons. The third-order valence-corrected chi connectivity index (χ3v) is 7.72. The Morgan fingerprint density at radius 3 is 2.42 bits per heavy atom. The van der Waals surface area contributed by atoms with Gasteiger partial charge in [-0.3, -0.25) is 4.79 Å². The number of benzene rings is 3. The van der Waals surface area contributed by atoms with Crippen LogP contribution in [0, 0.1) is 12.8 Å². The van der Waals surface area contributed by atoms with E-state index in [2.05, 4.69) is 42.6 Å². The fraction of sp³-hybridized carbons (Fsp3) is 0.424. The number of nitrogens with one attached hydrogen (secondary N) is 1. The maximum absolute atomic E-state index is 13.3. The van der Waals surface area contributed by atoms with E-state index in [-0.39, 0.29) is 11.9 Å². The first kappa shape index (κ1) is 26.3. The third-order valence-electron chi connectivity index (χ3n) is 7.72. The summed E-state index contributed by atoms with van der Waals surface area (Å²) in [6.07, 6.45) is 4.12.